The normalized spacial score (nSPS) is 14.5. The number of ether oxygens (including phenoxy) is 1. The number of halogens is 1. The zero-order valence-electron chi connectivity index (χ0n) is 16.0. The number of piperidine rings is 1. The quantitative estimate of drug-likeness (QED) is 0.722. The van der Waals surface area contributed by atoms with Crippen molar-refractivity contribution in [3.63, 3.8) is 0 Å². The van der Waals surface area contributed by atoms with Crippen LogP contribution < -0.4 is 5.32 Å². The maximum atomic E-state index is 12.3. The van der Waals surface area contributed by atoms with Crippen LogP contribution in [0.1, 0.15) is 30.3 Å². The number of likely N-dealkylation sites (tertiary alicyclic amines) is 1. The van der Waals surface area contributed by atoms with Gasteiger partial charge in [0, 0.05) is 29.7 Å². The molecule has 0 unspecified atom stereocenters. The molecule has 0 spiro atoms. The van der Waals surface area contributed by atoms with E-state index in [1.54, 1.807) is 36.1 Å². The molecule has 0 radical (unpaired) electrons. The number of aromatic nitrogens is 1. The minimum Gasteiger partial charge on any atom is -0.466 e. The van der Waals surface area contributed by atoms with Gasteiger partial charge in [0.25, 0.3) is 5.91 Å². The lowest BCUT2D eigenvalue weighted by Crippen LogP contribution is -2.45. The maximum Gasteiger partial charge on any atom is 0.309 e. The summed E-state index contributed by atoms with van der Waals surface area (Å²) in [4.78, 5) is 38.0. The first-order valence-electron chi connectivity index (χ1n) is 9.43. The summed E-state index contributed by atoms with van der Waals surface area (Å²) in [6, 6.07) is 8.49. The van der Waals surface area contributed by atoms with Crippen LogP contribution in [0.15, 0.2) is 34.9 Å². The van der Waals surface area contributed by atoms with Crippen molar-refractivity contribution < 1.29 is 23.6 Å². The fourth-order valence-corrected chi connectivity index (χ4v) is 3.33. The lowest BCUT2D eigenvalue weighted by atomic mass is 9.97. The van der Waals surface area contributed by atoms with Gasteiger partial charge in [-0.15, -0.1) is 0 Å². The average molecular weight is 420 g/mol. The summed E-state index contributed by atoms with van der Waals surface area (Å²) in [5.74, 6) is -0.691. The van der Waals surface area contributed by atoms with Crippen LogP contribution in [-0.2, 0) is 14.3 Å². The molecule has 154 valence electrons. The van der Waals surface area contributed by atoms with Gasteiger partial charge in [-0.3, -0.25) is 14.4 Å². The Morgan fingerprint density at radius 3 is 2.72 bits per heavy atom. The number of nitrogens with one attached hydrogen (secondary N) is 1. The van der Waals surface area contributed by atoms with Crippen molar-refractivity contribution >= 4 is 29.4 Å². The largest absolute Gasteiger partial charge is 0.466 e. The summed E-state index contributed by atoms with van der Waals surface area (Å²) in [5.41, 5.74) is 0.776. The summed E-state index contributed by atoms with van der Waals surface area (Å²) < 4.78 is 10.2. The third-order valence-electron chi connectivity index (χ3n) is 4.72. The van der Waals surface area contributed by atoms with Gasteiger partial charge in [0.2, 0.25) is 5.91 Å². The smallest absolute Gasteiger partial charge is 0.309 e. The van der Waals surface area contributed by atoms with Crippen molar-refractivity contribution in [2.24, 2.45) is 5.92 Å². The molecule has 0 aliphatic carbocycles. The first-order valence-corrected chi connectivity index (χ1v) is 9.81. The van der Waals surface area contributed by atoms with Gasteiger partial charge in [0.05, 0.1) is 19.1 Å². The molecule has 1 fully saturated rings. The fourth-order valence-electron chi connectivity index (χ4n) is 3.14. The number of benzene rings is 1. The van der Waals surface area contributed by atoms with Crippen LogP contribution in [0.3, 0.4) is 0 Å². The highest BCUT2D eigenvalue weighted by molar-refractivity contribution is 6.30. The molecule has 1 N–H and O–H groups in total. The summed E-state index contributed by atoms with van der Waals surface area (Å²) in [7, 11) is 0. The third kappa shape index (κ3) is 5.35. The van der Waals surface area contributed by atoms with Crippen molar-refractivity contribution in [1.82, 2.24) is 15.4 Å². The third-order valence-corrected chi connectivity index (χ3v) is 4.95. The lowest BCUT2D eigenvalue weighted by molar-refractivity contribution is -0.151. The van der Waals surface area contributed by atoms with E-state index in [0.717, 1.165) is 0 Å². The second-order valence-corrected chi connectivity index (χ2v) is 7.11. The summed E-state index contributed by atoms with van der Waals surface area (Å²) in [6.07, 6.45) is 1.12. The van der Waals surface area contributed by atoms with E-state index >= 15 is 0 Å². The molecule has 8 nitrogen and oxygen atoms in total. The second kappa shape index (κ2) is 9.56. The first kappa shape index (κ1) is 20.9. The van der Waals surface area contributed by atoms with Crippen molar-refractivity contribution in [2.45, 2.75) is 19.8 Å². The van der Waals surface area contributed by atoms with Crippen LogP contribution >= 0.6 is 11.6 Å². The summed E-state index contributed by atoms with van der Waals surface area (Å²) in [6.45, 7) is 2.89. The Morgan fingerprint density at radius 1 is 1.28 bits per heavy atom. The zero-order chi connectivity index (χ0) is 20.8. The summed E-state index contributed by atoms with van der Waals surface area (Å²) in [5, 5.41) is 6.85. The Labute approximate surface area is 173 Å². The molecule has 2 aromatic rings. The number of esters is 1. The van der Waals surface area contributed by atoms with E-state index in [4.69, 9.17) is 20.9 Å². The van der Waals surface area contributed by atoms with Crippen LogP contribution in [0.25, 0.3) is 11.3 Å². The van der Waals surface area contributed by atoms with Gasteiger partial charge in [-0.05, 0) is 31.9 Å². The number of nitrogens with zero attached hydrogens (tertiary/aromatic N) is 2. The topological polar surface area (TPSA) is 102 Å². The van der Waals surface area contributed by atoms with Crippen molar-refractivity contribution in [1.29, 1.82) is 0 Å². The highest BCUT2D eigenvalue weighted by atomic mass is 35.5. The van der Waals surface area contributed by atoms with E-state index in [9.17, 15) is 14.4 Å². The Hall–Kier alpha value is -2.87. The second-order valence-electron chi connectivity index (χ2n) is 6.68. The Morgan fingerprint density at radius 2 is 2.03 bits per heavy atom. The van der Waals surface area contributed by atoms with Crippen LogP contribution in [0.5, 0.6) is 0 Å². The van der Waals surface area contributed by atoms with E-state index in [1.165, 1.54) is 6.07 Å². The number of hydrogen-bond acceptors (Lipinski definition) is 6. The van der Waals surface area contributed by atoms with Crippen LogP contribution in [0.4, 0.5) is 0 Å². The lowest BCUT2D eigenvalue weighted by Gasteiger charge is -2.30. The highest BCUT2D eigenvalue weighted by Gasteiger charge is 2.28. The number of rotatable bonds is 6. The predicted octanol–water partition coefficient (Wildman–Crippen LogP) is 2.53. The number of carbonyl (C=O) groups excluding carboxylic acids is 3. The molecule has 1 aromatic heterocycles. The zero-order valence-corrected chi connectivity index (χ0v) is 16.8. The van der Waals surface area contributed by atoms with Crippen molar-refractivity contribution in [2.75, 3.05) is 26.2 Å². The van der Waals surface area contributed by atoms with Crippen LogP contribution in [0, 0.1) is 5.92 Å². The van der Waals surface area contributed by atoms with E-state index in [-0.39, 0.29) is 30.0 Å². The number of amides is 2. The number of hydrogen-bond donors (Lipinski definition) is 1. The van der Waals surface area contributed by atoms with Gasteiger partial charge in [0.1, 0.15) is 0 Å². The van der Waals surface area contributed by atoms with Gasteiger partial charge in [0.15, 0.2) is 11.5 Å². The van der Waals surface area contributed by atoms with Crippen LogP contribution in [-0.4, -0.2) is 54.1 Å². The Bertz CT molecular complexity index is 890. The average Bonchev–Trinajstić information content (AvgIpc) is 3.22. The van der Waals surface area contributed by atoms with E-state index in [1.807, 2.05) is 0 Å². The predicted molar refractivity (Wildman–Crippen MR) is 105 cm³/mol. The molecule has 1 aromatic carbocycles. The SMILES string of the molecule is CCOC(=O)C1CCN(C(=O)CNC(=O)c2cc(-c3cccc(Cl)c3)on2)CC1. The molecule has 0 saturated carbocycles. The van der Waals surface area contributed by atoms with E-state index < -0.39 is 5.91 Å². The minimum absolute atomic E-state index is 0.0776. The monoisotopic (exact) mass is 419 g/mol. The Balaban J connectivity index is 1.49. The molecule has 0 bridgehead atoms. The van der Waals surface area contributed by atoms with Gasteiger partial charge in [-0.2, -0.15) is 0 Å². The first-order chi connectivity index (χ1) is 14.0. The molecule has 29 heavy (non-hydrogen) atoms. The molecule has 2 amide bonds. The van der Waals surface area contributed by atoms with Gasteiger partial charge in [-0.25, -0.2) is 0 Å². The molecule has 1 aliphatic heterocycles. The van der Waals surface area contributed by atoms with Gasteiger partial charge >= 0.3 is 5.97 Å². The molecule has 2 heterocycles. The van der Waals surface area contributed by atoms with Gasteiger partial charge in [-0.1, -0.05) is 28.9 Å². The molecule has 9 heteroatoms. The molecular formula is C20H22ClN3O5. The minimum atomic E-state index is -0.503. The van der Waals surface area contributed by atoms with Crippen LogP contribution in [0.2, 0.25) is 5.02 Å². The summed E-state index contributed by atoms with van der Waals surface area (Å²) >= 11 is 5.96. The number of carbonyl (C=O) groups is 3. The molecule has 1 saturated heterocycles. The molecule has 0 atom stereocenters. The van der Waals surface area contributed by atoms with Crippen molar-refractivity contribution in [3.8, 4) is 11.3 Å². The van der Waals surface area contributed by atoms with Gasteiger partial charge < -0.3 is 19.5 Å². The standard InChI is InChI=1S/C20H22ClN3O5/c1-2-28-20(27)13-6-8-24(9-7-13)18(25)12-22-19(26)16-11-17(29-23-16)14-4-3-5-15(21)10-14/h3-5,10-11,13H,2,6-9,12H2,1H3,(H,22,26). The molecular weight excluding hydrogens is 398 g/mol. The molecule has 1 aliphatic rings. The maximum absolute atomic E-state index is 12.3. The van der Waals surface area contributed by atoms with Crippen molar-refractivity contribution in [3.05, 3.63) is 41.0 Å². The Kier molecular flexibility index (Phi) is 6.87. The highest BCUT2D eigenvalue weighted by Crippen LogP contribution is 2.23. The van der Waals surface area contributed by atoms with E-state index in [2.05, 4.69) is 10.5 Å². The molecule has 3 rings (SSSR count). The fraction of sp³-hybridized carbons (Fsp3) is 0.400. The van der Waals surface area contributed by atoms with E-state index in [0.29, 0.717) is 48.9 Å².